The summed E-state index contributed by atoms with van der Waals surface area (Å²) in [6, 6.07) is 1.95. The first-order valence-corrected chi connectivity index (χ1v) is 7.40. The average molecular weight is 347 g/mol. The van der Waals surface area contributed by atoms with E-state index in [1.807, 2.05) is 0 Å². The van der Waals surface area contributed by atoms with Crippen LogP contribution in [0.2, 0.25) is 10.0 Å². The lowest BCUT2D eigenvalue weighted by molar-refractivity contribution is -0.132. The SMILES string of the molecule is C=CC(=O)N(CC)CC(=O)NC(C)c1cc(F)c(Cl)cc1Cl. The van der Waals surface area contributed by atoms with Gasteiger partial charge in [-0.2, -0.15) is 0 Å². The molecule has 0 aromatic heterocycles. The maximum Gasteiger partial charge on any atom is 0.246 e. The zero-order valence-corrected chi connectivity index (χ0v) is 13.8. The molecule has 0 aliphatic rings. The Hall–Kier alpha value is -1.59. The van der Waals surface area contributed by atoms with Crippen molar-refractivity contribution in [2.75, 3.05) is 13.1 Å². The van der Waals surface area contributed by atoms with Crippen molar-refractivity contribution in [1.29, 1.82) is 0 Å². The topological polar surface area (TPSA) is 49.4 Å². The number of carbonyl (C=O) groups is 2. The maximum atomic E-state index is 13.5. The van der Waals surface area contributed by atoms with Crippen LogP contribution in [-0.2, 0) is 9.59 Å². The van der Waals surface area contributed by atoms with E-state index in [-0.39, 0.29) is 28.4 Å². The predicted molar refractivity (Wildman–Crippen MR) is 85.4 cm³/mol. The third-order valence-corrected chi connectivity index (χ3v) is 3.70. The summed E-state index contributed by atoms with van der Waals surface area (Å²) in [5, 5.41) is 2.84. The molecule has 1 unspecified atom stereocenters. The van der Waals surface area contributed by atoms with Crippen LogP contribution in [0.15, 0.2) is 24.8 Å². The van der Waals surface area contributed by atoms with Crippen LogP contribution < -0.4 is 5.32 Å². The Bertz CT molecular complexity index is 593. The van der Waals surface area contributed by atoms with Crippen molar-refractivity contribution in [3.05, 3.63) is 46.2 Å². The quantitative estimate of drug-likeness (QED) is 0.634. The lowest BCUT2D eigenvalue weighted by atomic mass is 10.1. The third-order valence-electron chi connectivity index (χ3n) is 3.09. The van der Waals surface area contributed by atoms with E-state index in [9.17, 15) is 14.0 Å². The number of hydrogen-bond acceptors (Lipinski definition) is 2. The summed E-state index contributed by atoms with van der Waals surface area (Å²) in [6.07, 6.45) is 1.14. The van der Waals surface area contributed by atoms with E-state index in [0.717, 1.165) is 6.08 Å². The molecular weight excluding hydrogens is 330 g/mol. The molecule has 0 radical (unpaired) electrons. The fourth-order valence-electron chi connectivity index (χ4n) is 1.88. The monoisotopic (exact) mass is 346 g/mol. The van der Waals surface area contributed by atoms with Crippen LogP contribution in [-0.4, -0.2) is 29.8 Å². The summed E-state index contributed by atoms with van der Waals surface area (Å²) in [5.74, 6) is -1.32. The molecule has 2 amide bonds. The van der Waals surface area contributed by atoms with Crippen molar-refractivity contribution in [3.63, 3.8) is 0 Å². The highest BCUT2D eigenvalue weighted by Crippen LogP contribution is 2.28. The molecular formula is C15H17Cl2FN2O2. The molecule has 0 aliphatic carbocycles. The molecule has 1 N–H and O–H groups in total. The number of benzene rings is 1. The van der Waals surface area contributed by atoms with Gasteiger partial charge in [0.1, 0.15) is 5.82 Å². The first-order chi connectivity index (χ1) is 10.3. The van der Waals surface area contributed by atoms with Gasteiger partial charge in [0.05, 0.1) is 17.6 Å². The Labute approximate surface area is 138 Å². The highest BCUT2D eigenvalue weighted by Gasteiger charge is 2.18. The van der Waals surface area contributed by atoms with Crippen molar-refractivity contribution in [3.8, 4) is 0 Å². The van der Waals surface area contributed by atoms with Crippen LogP contribution in [0.3, 0.4) is 0 Å². The van der Waals surface area contributed by atoms with Gasteiger partial charge >= 0.3 is 0 Å². The molecule has 1 aromatic carbocycles. The smallest absolute Gasteiger partial charge is 0.246 e. The number of hydrogen-bond donors (Lipinski definition) is 1. The van der Waals surface area contributed by atoms with Crippen LogP contribution in [0.1, 0.15) is 25.5 Å². The highest BCUT2D eigenvalue weighted by atomic mass is 35.5. The van der Waals surface area contributed by atoms with E-state index in [2.05, 4.69) is 11.9 Å². The maximum absolute atomic E-state index is 13.5. The standard InChI is InChI=1S/C15H17Cl2FN2O2/c1-4-15(22)20(5-2)8-14(21)19-9(3)10-6-13(18)12(17)7-11(10)16/h4,6-7,9H,1,5,8H2,2-3H3,(H,19,21). The minimum atomic E-state index is -0.612. The summed E-state index contributed by atoms with van der Waals surface area (Å²) < 4.78 is 13.5. The summed E-state index contributed by atoms with van der Waals surface area (Å²) in [5.41, 5.74) is 0.412. The second-order valence-corrected chi connectivity index (χ2v) is 5.45. The van der Waals surface area contributed by atoms with Crippen LogP contribution in [0, 0.1) is 5.82 Å². The second kappa shape index (κ2) is 8.15. The van der Waals surface area contributed by atoms with Gasteiger partial charge in [0, 0.05) is 11.6 Å². The number of nitrogens with zero attached hydrogens (tertiary/aromatic N) is 1. The van der Waals surface area contributed by atoms with Crippen molar-refractivity contribution < 1.29 is 14.0 Å². The van der Waals surface area contributed by atoms with Gasteiger partial charge in [-0.05, 0) is 37.6 Å². The highest BCUT2D eigenvalue weighted by molar-refractivity contribution is 6.35. The zero-order chi connectivity index (χ0) is 16.9. The summed E-state index contributed by atoms with van der Waals surface area (Å²) in [4.78, 5) is 24.8. The number of nitrogens with one attached hydrogen (secondary N) is 1. The van der Waals surface area contributed by atoms with Crippen molar-refractivity contribution in [2.45, 2.75) is 19.9 Å². The Morgan fingerprint density at radius 1 is 1.41 bits per heavy atom. The molecule has 0 heterocycles. The molecule has 0 bridgehead atoms. The lowest BCUT2D eigenvalue weighted by Gasteiger charge is -2.21. The normalized spacial score (nSPS) is 11.7. The van der Waals surface area contributed by atoms with Crippen molar-refractivity contribution in [2.24, 2.45) is 0 Å². The molecule has 22 heavy (non-hydrogen) atoms. The van der Waals surface area contributed by atoms with E-state index in [1.54, 1.807) is 13.8 Å². The molecule has 7 heteroatoms. The number of halogens is 3. The predicted octanol–water partition coefficient (Wildman–Crippen LogP) is 3.34. The second-order valence-electron chi connectivity index (χ2n) is 4.63. The number of likely N-dealkylation sites (N-methyl/N-ethyl adjacent to an activating group) is 1. The van der Waals surface area contributed by atoms with Crippen molar-refractivity contribution >= 4 is 35.0 Å². The first kappa shape index (κ1) is 18.5. The van der Waals surface area contributed by atoms with Gasteiger partial charge in [-0.3, -0.25) is 9.59 Å². The molecule has 0 fully saturated rings. The van der Waals surface area contributed by atoms with E-state index >= 15 is 0 Å². The molecule has 120 valence electrons. The number of amides is 2. The van der Waals surface area contributed by atoms with Gasteiger partial charge in [0.25, 0.3) is 0 Å². The summed E-state index contributed by atoms with van der Waals surface area (Å²) >= 11 is 11.6. The number of carbonyl (C=O) groups excluding carboxylic acids is 2. The minimum Gasteiger partial charge on any atom is -0.348 e. The molecule has 1 rings (SSSR count). The first-order valence-electron chi connectivity index (χ1n) is 6.65. The van der Waals surface area contributed by atoms with Crippen LogP contribution in [0.5, 0.6) is 0 Å². The molecule has 1 aromatic rings. The van der Waals surface area contributed by atoms with Gasteiger partial charge in [0.2, 0.25) is 11.8 Å². The number of rotatable bonds is 6. The Morgan fingerprint density at radius 3 is 2.59 bits per heavy atom. The average Bonchev–Trinajstić information content (AvgIpc) is 2.47. The van der Waals surface area contributed by atoms with E-state index < -0.39 is 11.9 Å². The summed E-state index contributed by atoms with van der Waals surface area (Å²) in [7, 11) is 0. The Kier molecular flexibility index (Phi) is 6.84. The van der Waals surface area contributed by atoms with Gasteiger partial charge in [-0.15, -0.1) is 0 Å². The van der Waals surface area contributed by atoms with Crippen LogP contribution in [0.25, 0.3) is 0 Å². The lowest BCUT2D eigenvalue weighted by Crippen LogP contribution is -2.40. The molecule has 0 saturated carbocycles. The molecule has 0 saturated heterocycles. The zero-order valence-electron chi connectivity index (χ0n) is 12.3. The largest absolute Gasteiger partial charge is 0.348 e. The van der Waals surface area contributed by atoms with Gasteiger partial charge in [-0.1, -0.05) is 29.8 Å². The van der Waals surface area contributed by atoms with E-state index in [4.69, 9.17) is 23.2 Å². The third kappa shape index (κ3) is 4.71. The fourth-order valence-corrected chi connectivity index (χ4v) is 2.43. The van der Waals surface area contributed by atoms with E-state index in [1.165, 1.54) is 17.0 Å². The Balaban J connectivity index is 2.78. The molecule has 0 aliphatic heterocycles. The summed E-state index contributed by atoms with van der Waals surface area (Å²) in [6.45, 7) is 7.06. The van der Waals surface area contributed by atoms with Gasteiger partial charge < -0.3 is 10.2 Å². The molecule has 1 atom stereocenters. The van der Waals surface area contributed by atoms with Crippen LogP contribution >= 0.6 is 23.2 Å². The van der Waals surface area contributed by atoms with Crippen LogP contribution in [0.4, 0.5) is 4.39 Å². The molecule has 4 nitrogen and oxygen atoms in total. The van der Waals surface area contributed by atoms with Gasteiger partial charge in [-0.25, -0.2) is 4.39 Å². The molecule has 0 spiro atoms. The van der Waals surface area contributed by atoms with E-state index in [0.29, 0.717) is 12.1 Å². The fraction of sp³-hybridized carbons (Fsp3) is 0.333. The van der Waals surface area contributed by atoms with Crippen molar-refractivity contribution in [1.82, 2.24) is 10.2 Å². The van der Waals surface area contributed by atoms with Gasteiger partial charge in [0.15, 0.2) is 0 Å². The Morgan fingerprint density at radius 2 is 2.05 bits per heavy atom. The minimum absolute atomic E-state index is 0.0824.